The van der Waals surface area contributed by atoms with Crippen LogP contribution >= 0.6 is 11.8 Å². The van der Waals surface area contributed by atoms with Crippen molar-refractivity contribution in [1.29, 1.82) is 0 Å². The van der Waals surface area contributed by atoms with E-state index in [1.54, 1.807) is 7.11 Å². The fourth-order valence-corrected chi connectivity index (χ4v) is 3.64. The molecule has 2 heteroatoms. The van der Waals surface area contributed by atoms with Gasteiger partial charge in [-0.25, -0.2) is 0 Å². The molecule has 19 heavy (non-hydrogen) atoms. The number of thioether (sulfide) groups is 1. The first-order valence-corrected chi connectivity index (χ1v) is 7.16. The molecule has 1 heterocycles. The van der Waals surface area contributed by atoms with Gasteiger partial charge in [-0.1, -0.05) is 36.3 Å². The predicted molar refractivity (Wildman–Crippen MR) is 79.2 cm³/mol. The van der Waals surface area contributed by atoms with Crippen LogP contribution in [0.1, 0.15) is 28.4 Å². The minimum atomic E-state index is -0.0755. The zero-order chi connectivity index (χ0) is 13.2. The molecule has 0 bridgehead atoms. The van der Waals surface area contributed by atoms with Crippen molar-refractivity contribution in [1.82, 2.24) is 0 Å². The Hall–Kier alpha value is -1.69. The number of benzene rings is 2. The van der Waals surface area contributed by atoms with Crippen molar-refractivity contribution in [2.45, 2.75) is 16.8 Å². The number of hydrogen-bond acceptors (Lipinski definition) is 2. The van der Waals surface area contributed by atoms with Gasteiger partial charge in [-0.05, 0) is 23.3 Å². The molecule has 0 N–H and O–H groups in total. The Morgan fingerprint density at radius 3 is 2.84 bits per heavy atom. The molecule has 1 aliphatic heterocycles. The molecule has 1 atom stereocenters. The summed E-state index contributed by atoms with van der Waals surface area (Å²) in [6.07, 6.45) is 5.57. The van der Waals surface area contributed by atoms with E-state index in [0.717, 1.165) is 16.9 Å². The lowest BCUT2D eigenvalue weighted by atomic mass is 9.93. The van der Waals surface area contributed by atoms with E-state index < -0.39 is 0 Å². The standard InChI is InChI=1S/C17H14OS/c1-3-12-7-6-8-13-11-19-15-10-5-4-9-14(15)17(18-2)16(12)13/h1,4-10,17H,11H2,2H3. The van der Waals surface area contributed by atoms with Crippen LogP contribution in [0.25, 0.3) is 0 Å². The van der Waals surface area contributed by atoms with Gasteiger partial charge in [0.05, 0.1) is 0 Å². The quantitative estimate of drug-likeness (QED) is 0.721. The first kappa shape index (κ1) is 12.3. The van der Waals surface area contributed by atoms with Crippen LogP contribution in [0.5, 0.6) is 0 Å². The number of rotatable bonds is 1. The van der Waals surface area contributed by atoms with Gasteiger partial charge < -0.3 is 4.74 Å². The molecular weight excluding hydrogens is 252 g/mol. The van der Waals surface area contributed by atoms with E-state index in [1.807, 2.05) is 23.9 Å². The Balaban J connectivity index is 2.26. The largest absolute Gasteiger partial charge is 0.372 e. The van der Waals surface area contributed by atoms with Crippen molar-refractivity contribution in [2.24, 2.45) is 0 Å². The van der Waals surface area contributed by atoms with Crippen molar-refractivity contribution in [3.63, 3.8) is 0 Å². The van der Waals surface area contributed by atoms with Gasteiger partial charge in [0.15, 0.2) is 0 Å². The summed E-state index contributed by atoms with van der Waals surface area (Å²) in [5, 5.41) is 0. The summed E-state index contributed by atoms with van der Waals surface area (Å²) < 4.78 is 5.76. The average Bonchev–Trinajstić information content (AvgIpc) is 2.63. The van der Waals surface area contributed by atoms with E-state index >= 15 is 0 Å². The van der Waals surface area contributed by atoms with Crippen LogP contribution in [-0.4, -0.2) is 7.11 Å². The lowest BCUT2D eigenvalue weighted by molar-refractivity contribution is 0.134. The average molecular weight is 266 g/mol. The first-order valence-electron chi connectivity index (χ1n) is 6.18. The Kier molecular flexibility index (Phi) is 3.33. The highest BCUT2D eigenvalue weighted by molar-refractivity contribution is 7.98. The van der Waals surface area contributed by atoms with Crippen LogP contribution in [0.4, 0.5) is 0 Å². The second kappa shape index (κ2) is 5.13. The van der Waals surface area contributed by atoms with Crippen molar-refractivity contribution >= 4 is 11.8 Å². The number of fused-ring (bicyclic) bond motifs is 2. The molecule has 1 unspecified atom stereocenters. The Morgan fingerprint density at radius 2 is 2.05 bits per heavy atom. The van der Waals surface area contributed by atoms with E-state index in [2.05, 4.69) is 36.3 Å². The third-order valence-corrected chi connectivity index (χ3v) is 4.57. The second-order valence-corrected chi connectivity index (χ2v) is 5.48. The van der Waals surface area contributed by atoms with Crippen LogP contribution in [0.15, 0.2) is 47.4 Å². The van der Waals surface area contributed by atoms with Gasteiger partial charge in [-0.15, -0.1) is 18.2 Å². The molecule has 0 amide bonds. The van der Waals surface area contributed by atoms with Gasteiger partial charge in [-0.3, -0.25) is 0 Å². The summed E-state index contributed by atoms with van der Waals surface area (Å²) in [6.45, 7) is 0. The molecule has 1 nitrogen and oxygen atoms in total. The second-order valence-electron chi connectivity index (χ2n) is 4.46. The lowest BCUT2D eigenvalue weighted by Crippen LogP contribution is -2.07. The van der Waals surface area contributed by atoms with E-state index in [4.69, 9.17) is 11.2 Å². The van der Waals surface area contributed by atoms with Crippen molar-refractivity contribution in [3.05, 3.63) is 64.7 Å². The first-order chi connectivity index (χ1) is 9.35. The zero-order valence-electron chi connectivity index (χ0n) is 10.7. The Bertz CT molecular complexity index is 655. The van der Waals surface area contributed by atoms with E-state index in [1.165, 1.54) is 16.0 Å². The third kappa shape index (κ3) is 2.06. The van der Waals surface area contributed by atoms with Gasteiger partial charge in [0.2, 0.25) is 0 Å². The summed E-state index contributed by atoms with van der Waals surface area (Å²) in [5.74, 6) is 3.72. The van der Waals surface area contributed by atoms with Gasteiger partial charge in [0.1, 0.15) is 6.10 Å². The van der Waals surface area contributed by atoms with Crippen LogP contribution < -0.4 is 0 Å². The van der Waals surface area contributed by atoms with Gasteiger partial charge >= 0.3 is 0 Å². The van der Waals surface area contributed by atoms with Gasteiger partial charge in [0.25, 0.3) is 0 Å². The highest BCUT2D eigenvalue weighted by Crippen LogP contribution is 2.41. The summed E-state index contributed by atoms with van der Waals surface area (Å²) >= 11 is 1.84. The topological polar surface area (TPSA) is 9.23 Å². The highest BCUT2D eigenvalue weighted by Gasteiger charge is 2.25. The normalized spacial score (nSPS) is 16.9. The lowest BCUT2D eigenvalue weighted by Gasteiger charge is -2.19. The minimum absolute atomic E-state index is 0.0755. The maximum Gasteiger partial charge on any atom is 0.110 e. The van der Waals surface area contributed by atoms with Crippen LogP contribution in [0.3, 0.4) is 0 Å². The van der Waals surface area contributed by atoms with E-state index in [0.29, 0.717) is 0 Å². The molecule has 0 fully saturated rings. The fourth-order valence-electron chi connectivity index (χ4n) is 2.56. The molecule has 0 aliphatic carbocycles. The monoisotopic (exact) mass is 266 g/mol. The maximum absolute atomic E-state index is 5.76. The molecule has 2 aromatic rings. The van der Waals surface area contributed by atoms with Crippen LogP contribution in [0, 0.1) is 12.3 Å². The molecule has 3 rings (SSSR count). The molecule has 0 aromatic heterocycles. The zero-order valence-corrected chi connectivity index (χ0v) is 11.5. The van der Waals surface area contributed by atoms with Crippen LogP contribution in [0.2, 0.25) is 0 Å². The smallest absolute Gasteiger partial charge is 0.110 e. The Labute approximate surface area is 118 Å². The van der Waals surface area contributed by atoms with Gasteiger partial charge in [0, 0.05) is 28.9 Å². The third-order valence-electron chi connectivity index (χ3n) is 3.43. The summed E-state index contributed by atoms with van der Waals surface area (Å²) in [5.41, 5.74) is 4.55. The molecular formula is C17H14OS. The molecule has 94 valence electrons. The molecule has 0 saturated carbocycles. The number of ether oxygens (including phenoxy) is 1. The van der Waals surface area contributed by atoms with E-state index in [9.17, 15) is 0 Å². The molecule has 0 radical (unpaired) electrons. The summed E-state index contributed by atoms with van der Waals surface area (Å²) in [4.78, 5) is 1.27. The van der Waals surface area contributed by atoms with Crippen molar-refractivity contribution < 1.29 is 4.74 Å². The SMILES string of the molecule is C#Cc1cccc2c1C(OC)c1ccccc1SC2. The predicted octanol–water partition coefficient (Wildman–Crippen LogP) is 4.01. The molecule has 2 aromatic carbocycles. The number of hydrogen-bond donors (Lipinski definition) is 0. The summed E-state index contributed by atoms with van der Waals surface area (Å²) in [6, 6.07) is 14.5. The van der Waals surface area contributed by atoms with Crippen molar-refractivity contribution in [3.8, 4) is 12.3 Å². The van der Waals surface area contributed by atoms with Crippen molar-refractivity contribution in [2.75, 3.05) is 7.11 Å². The minimum Gasteiger partial charge on any atom is -0.372 e. The fraction of sp³-hybridized carbons (Fsp3) is 0.176. The highest BCUT2D eigenvalue weighted by atomic mass is 32.2. The van der Waals surface area contributed by atoms with Crippen LogP contribution in [-0.2, 0) is 10.5 Å². The maximum atomic E-state index is 5.76. The molecule has 0 spiro atoms. The number of methoxy groups -OCH3 is 1. The Morgan fingerprint density at radius 1 is 1.21 bits per heavy atom. The molecule has 0 saturated heterocycles. The summed E-state index contributed by atoms with van der Waals surface area (Å²) in [7, 11) is 1.74. The van der Waals surface area contributed by atoms with Gasteiger partial charge in [-0.2, -0.15) is 0 Å². The molecule has 1 aliphatic rings. The van der Waals surface area contributed by atoms with E-state index in [-0.39, 0.29) is 6.10 Å². The number of terminal acetylenes is 1.